The van der Waals surface area contributed by atoms with E-state index in [1.807, 2.05) is 0 Å². The summed E-state index contributed by atoms with van der Waals surface area (Å²) >= 11 is 6.72. The number of halogens is 2. The summed E-state index contributed by atoms with van der Waals surface area (Å²) in [6.07, 6.45) is 4.05. The van der Waals surface area contributed by atoms with E-state index in [0.29, 0.717) is 38.3 Å². The van der Waals surface area contributed by atoms with Crippen LogP contribution < -0.4 is 19.2 Å². The first kappa shape index (κ1) is 24.9. The maximum Gasteiger partial charge on any atom is 0.260 e. The molecule has 0 unspecified atom stereocenters. The van der Waals surface area contributed by atoms with E-state index >= 15 is 0 Å². The number of hydrogen-bond donors (Lipinski definition) is 1. The Morgan fingerprint density at radius 1 is 1.26 bits per heavy atom. The number of para-hydroxylation sites is 1. The Morgan fingerprint density at radius 3 is 2.58 bits per heavy atom. The zero-order valence-electron chi connectivity index (χ0n) is 16.8. The fourth-order valence-corrected chi connectivity index (χ4v) is 4.53. The van der Waals surface area contributed by atoms with Gasteiger partial charge in [-0.2, -0.15) is 5.10 Å². The third kappa shape index (κ3) is 7.08. The van der Waals surface area contributed by atoms with Gasteiger partial charge in [-0.3, -0.25) is 9.10 Å². The number of carbonyl (C=O) groups is 1. The smallest absolute Gasteiger partial charge is 0.260 e. The number of ether oxygens (including phenoxy) is 2. The number of methoxy groups -OCH3 is 1. The molecule has 0 radical (unpaired) electrons. The van der Waals surface area contributed by atoms with Crippen LogP contribution in [0.1, 0.15) is 5.56 Å². The molecule has 2 aromatic carbocycles. The number of sulfonamides is 1. The number of benzene rings is 2. The Hall–Kier alpha value is -2.37. The molecule has 0 aliphatic heterocycles. The van der Waals surface area contributed by atoms with Gasteiger partial charge in [0.1, 0.15) is 13.2 Å². The molecule has 0 aliphatic carbocycles. The number of nitrogens with one attached hydrogen (secondary N) is 1. The van der Waals surface area contributed by atoms with Gasteiger partial charge >= 0.3 is 0 Å². The first-order valence-corrected chi connectivity index (χ1v) is 12.3. The number of hydrogen-bond acceptors (Lipinski definition) is 6. The lowest BCUT2D eigenvalue weighted by atomic mass is 10.2. The molecule has 1 N–H and O–H groups in total. The summed E-state index contributed by atoms with van der Waals surface area (Å²) in [5.41, 5.74) is 3.32. The van der Waals surface area contributed by atoms with Gasteiger partial charge in [-0.05, 0) is 61.7 Å². The number of rotatable bonds is 10. The topological polar surface area (TPSA) is 97.3 Å². The molecule has 8 nitrogen and oxygen atoms in total. The Morgan fingerprint density at radius 2 is 1.97 bits per heavy atom. The van der Waals surface area contributed by atoms with Crippen molar-refractivity contribution in [3.05, 3.63) is 63.6 Å². The number of anilines is 1. The van der Waals surface area contributed by atoms with Crippen LogP contribution >= 0.6 is 31.9 Å². The van der Waals surface area contributed by atoms with Gasteiger partial charge in [0.15, 0.2) is 11.5 Å². The van der Waals surface area contributed by atoms with Crippen molar-refractivity contribution in [2.24, 2.45) is 5.10 Å². The molecule has 2 aromatic rings. The van der Waals surface area contributed by atoms with Crippen LogP contribution in [0.25, 0.3) is 0 Å². The molecule has 0 spiro atoms. The standard InChI is InChI=1S/C20H21Br2N3O5S/c1-4-9-30-20-16(22)10-14(11-18(20)29-2)12-23-24-19(26)13-25(31(3,27)28)17-8-6-5-7-15(17)21/h4-8,10-12H,1,9,13H2,2-3H3,(H,24,26)/b23-12-. The Labute approximate surface area is 198 Å². The summed E-state index contributed by atoms with van der Waals surface area (Å²) in [5.74, 6) is 0.386. The van der Waals surface area contributed by atoms with Gasteiger partial charge in [0, 0.05) is 4.47 Å². The quantitative estimate of drug-likeness (QED) is 0.265. The summed E-state index contributed by atoms with van der Waals surface area (Å²) in [6.45, 7) is 3.49. The zero-order chi connectivity index (χ0) is 23.0. The zero-order valence-corrected chi connectivity index (χ0v) is 20.8. The molecule has 0 atom stereocenters. The van der Waals surface area contributed by atoms with E-state index in [9.17, 15) is 13.2 Å². The second-order valence-electron chi connectivity index (χ2n) is 6.15. The molecule has 1 amide bonds. The molecule has 0 saturated heterocycles. The average Bonchev–Trinajstić information content (AvgIpc) is 2.70. The molecule has 2 rings (SSSR count). The molecule has 0 fully saturated rings. The minimum Gasteiger partial charge on any atom is -0.493 e. The first-order valence-electron chi connectivity index (χ1n) is 8.82. The van der Waals surface area contributed by atoms with Gasteiger partial charge < -0.3 is 9.47 Å². The lowest BCUT2D eigenvalue weighted by molar-refractivity contribution is -0.119. The average molecular weight is 575 g/mol. The van der Waals surface area contributed by atoms with Crippen LogP contribution in [-0.2, 0) is 14.8 Å². The van der Waals surface area contributed by atoms with Crippen molar-refractivity contribution < 1.29 is 22.7 Å². The summed E-state index contributed by atoms with van der Waals surface area (Å²) in [7, 11) is -2.19. The fraction of sp³-hybridized carbons (Fsp3) is 0.200. The van der Waals surface area contributed by atoms with Crippen molar-refractivity contribution in [1.29, 1.82) is 0 Å². The lowest BCUT2D eigenvalue weighted by Crippen LogP contribution is -2.39. The van der Waals surface area contributed by atoms with Crippen molar-refractivity contribution in [2.75, 3.05) is 30.8 Å². The van der Waals surface area contributed by atoms with Crippen LogP contribution in [0, 0.1) is 0 Å². The van der Waals surface area contributed by atoms with Gasteiger partial charge in [0.05, 0.1) is 29.7 Å². The van der Waals surface area contributed by atoms with Crippen molar-refractivity contribution in [3.8, 4) is 11.5 Å². The third-order valence-corrected chi connectivity index (χ3v) is 6.19. The number of nitrogens with zero attached hydrogens (tertiary/aromatic N) is 2. The van der Waals surface area contributed by atoms with Crippen LogP contribution in [0.4, 0.5) is 5.69 Å². The van der Waals surface area contributed by atoms with Crippen molar-refractivity contribution in [2.45, 2.75) is 0 Å². The van der Waals surface area contributed by atoms with Crippen molar-refractivity contribution >= 4 is 59.7 Å². The molecule has 31 heavy (non-hydrogen) atoms. The third-order valence-electron chi connectivity index (χ3n) is 3.81. The van der Waals surface area contributed by atoms with E-state index in [4.69, 9.17) is 9.47 Å². The maximum absolute atomic E-state index is 12.3. The van der Waals surface area contributed by atoms with Gasteiger partial charge in [0.25, 0.3) is 5.91 Å². The molecular weight excluding hydrogens is 554 g/mol. The fourth-order valence-electron chi connectivity index (χ4n) is 2.48. The largest absolute Gasteiger partial charge is 0.493 e. The number of hydrazone groups is 1. The second-order valence-corrected chi connectivity index (χ2v) is 9.76. The van der Waals surface area contributed by atoms with Crippen LogP contribution in [0.15, 0.2) is 63.1 Å². The minimum atomic E-state index is -3.69. The SMILES string of the molecule is C=CCOc1c(Br)cc(/C=N\NC(=O)CN(c2ccccc2Br)S(C)(=O)=O)cc1OC. The van der Waals surface area contributed by atoms with Crippen LogP contribution in [0.3, 0.4) is 0 Å². The monoisotopic (exact) mass is 573 g/mol. The summed E-state index contributed by atoms with van der Waals surface area (Å²) in [4.78, 5) is 12.3. The highest BCUT2D eigenvalue weighted by Crippen LogP contribution is 2.36. The van der Waals surface area contributed by atoms with Crippen LogP contribution in [0.2, 0.25) is 0 Å². The van der Waals surface area contributed by atoms with E-state index in [1.165, 1.54) is 13.3 Å². The predicted molar refractivity (Wildman–Crippen MR) is 128 cm³/mol. The van der Waals surface area contributed by atoms with Gasteiger partial charge in [-0.25, -0.2) is 13.8 Å². The molecular formula is C20H21Br2N3O5S. The predicted octanol–water partition coefficient (Wildman–Crippen LogP) is 3.70. The summed E-state index contributed by atoms with van der Waals surface area (Å²) < 4.78 is 37.4. The van der Waals surface area contributed by atoms with Crippen LogP contribution in [-0.4, -0.2) is 47.1 Å². The molecule has 0 saturated carbocycles. The lowest BCUT2D eigenvalue weighted by Gasteiger charge is -2.22. The van der Waals surface area contributed by atoms with E-state index in [-0.39, 0.29) is 0 Å². The molecule has 0 bridgehead atoms. The molecule has 11 heteroatoms. The first-order chi connectivity index (χ1) is 14.7. The number of amides is 1. The van der Waals surface area contributed by atoms with Crippen molar-refractivity contribution in [3.63, 3.8) is 0 Å². The van der Waals surface area contributed by atoms with Crippen LogP contribution in [0.5, 0.6) is 11.5 Å². The molecule has 0 heterocycles. The Bertz CT molecular complexity index is 1090. The summed E-state index contributed by atoms with van der Waals surface area (Å²) in [6, 6.07) is 10.1. The van der Waals surface area contributed by atoms with Crippen molar-refractivity contribution in [1.82, 2.24) is 5.43 Å². The highest BCUT2D eigenvalue weighted by Gasteiger charge is 2.22. The number of carbonyl (C=O) groups excluding carboxylic acids is 1. The maximum atomic E-state index is 12.3. The molecule has 0 aliphatic rings. The highest BCUT2D eigenvalue weighted by atomic mass is 79.9. The Balaban J connectivity index is 2.13. The van der Waals surface area contributed by atoms with Gasteiger partial charge in [-0.15, -0.1) is 0 Å². The van der Waals surface area contributed by atoms with E-state index in [1.54, 1.807) is 42.5 Å². The summed E-state index contributed by atoms with van der Waals surface area (Å²) in [5, 5.41) is 3.91. The van der Waals surface area contributed by atoms with E-state index in [2.05, 4.69) is 49.0 Å². The second kappa shape index (κ2) is 11.3. The molecule has 0 aromatic heterocycles. The minimum absolute atomic E-state index is 0.312. The van der Waals surface area contributed by atoms with Gasteiger partial charge in [-0.1, -0.05) is 24.8 Å². The van der Waals surface area contributed by atoms with E-state index in [0.717, 1.165) is 10.6 Å². The van der Waals surface area contributed by atoms with E-state index < -0.39 is 22.5 Å². The van der Waals surface area contributed by atoms with Gasteiger partial charge in [0.2, 0.25) is 10.0 Å². The highest BCUT2D eigenvalue weighted by molar-refractivity contribution is 9.11. The Kier molecular flexibility index (Phi) is 9.08. The molecule has 166 valence electrons. The normalized spacial score (nSPS) is 11.2.